The Morgan fingerprint density at radius 2 is 1.85 bits per heavy atom. The van der Waals surface area contributed by atoms with E-state index in [1.165, 1.54) is 4.68 Å². The van der Waals surface area contributed by atoms with Crippen molar-refractivity contribution in [3.63, 3.8) is 0 Å². The predicted molar refractivity (Wildman–Crippen MR) is 103 cm³/mol. The molecule has 0 aliphatic carbocycles. The molecule has 0 aliphatic rings. The lowest BCUT2D eigenvalue weighted by Gasteiger charge is -2.13. The van der Waals surface area contributed by atoms with E-state index in [9.17, 15) is 9.59 Å². The summed E-state index contributed by atoms with van der Waals surface area (Å²) in [6.45, 7) is 3.50. The van der Waals surface area contributed by atoms with Crippen LogP contribution in [0.15, 0.2) is 42.7 Å². The van der Waals surface area contributed by atoms with Crippen molar-refractivity contribution in [3.8, 4) is 0 Å². The third-order valence-corrected chi connectivity index (χ3v) is 4.34. The van der Waals surface area contributed by atoms with Gasteiger partial charge in [0.1, 0.15) is 6.04 Å². The summed E-state index contributed by atoms with van der Waals surface area (Å²) in [4.78, 5) is 24.7. The highest BCUT2D eigenvalue weighted by Gasteiger charge is 2.17. The summed E-state index contributed by atoms with van der Waals surface area (Å²) in [5.41, 5.74) is 2.08. The number of amides is 2. The number of nitrogens with zero attached hydrogens (tertiary/aromatic N) is 4. The Bertz CT molecular complexity index is 974. The van der Waals surface area contributed by atoms with E-state index in [1.54, 1.807) is 68.3 Å². The van der Waals surface area contributed by atoms with E-state index < -0.39 is 6.04 Å². The lowest BCUT2D eigenvalue weighted by Crippen LogP contribution is -2.24. The number of halogens is 1. The van der Waals surface area contributed by atoms with Crippen LogP contribution in [-0.4, -0.2) is 31.4 Å². The van der Waals surface area contributed by atoms with Crippen LogP contribution in [0.1, 0.15) is 29.1 Å². The quantitative estimate of drug-likeness (QED) is 0.704. The number of aryl methyl sites for hydroxylation is 2. The first-order chi connectivity index (χ1) is 12.8. The van der Waals surface area contributed by atoms with E-state index in [0.717, 1.165) is 0 Å². The van der Waals surface area contributed by atoms with E-state index in [1.807, 2.05) is 0 Å². The molecule has 3 rings (SSSR count). The Labute approximate surface area is 161 Å². The van der Waals surface area contributed by atoms with Crippen LogP contribution in [-0.2, 0) is 11.8 Å². The largest absolute Gasteiger partial charge is 0.324 e. The molecule has 3 aromatic rings. The topological polar surface area (TPSA) is 93.8 Å². The van der Waals surface area contributed by atoms with Gasteiger partial charge in [-0.2, -0.15) is 10.2 Å². The smallest absolute Gasteiger partial charge is 0.276 e. The van der Waals surface area contributed by atoms with Gasteiger partial charge in [0.05, 0.1) is 10.7 Å². The summed E-state index contributed by atoms with van der Waals surface area (Å²) in [6.07, 6.45) is 3.31. The Balaban J connectivity index is 1.68. The first-order valence-corrected chi connectivity index (χ1v) is 8.64. The Morgan fingerprint density at radius 1 is 1.15 bits per heavy atom. The molecule has 0 saturated heterocycles. The molecule has 1 atom stereocenters. The van der Waals surface area contributed by atoms with Crippen LogP contribution in [0.5, 0.6) is 0 Å². The van der Waals surface area contributed by atoms with Gasteiger partial charge in [0.15, 0.2) is 5.69 Å². The van der Waals surface area contributed by atoms with Crippen LogP contribution in [0, 0.1) is 6.92 Å². The fraction of sp³-hybridized carbons (Fsp3) is 0.222. The molecular formula is C18H19ClN6O2. The first-order valence-electron chi connectivity index (χ1n) is 8.26. The Hall–Kier alpha value is -3.13. The lowest BCUT2D eigenvalue weighted by atomic mass is 10.2. The Morgan fingerprint density at radius 3 is 2.44 bits per heavy atom. The van der Waals surface area contributed by atoms with Gasteiger partial charge < -0.3 is 10.6 Å². The molecule has 9 heteroatoms. The zero-order valence-corrected chi connectivity index (χ0v) is 15.9. The second kappa shape index (κ2) is 7.63. The minimum Gasteiger partial charge on any atom is -0.324 e. The minimum absolute atomic E-state index is 0.248. The number of rotatable bonds is 5. The summed E-state index contributed by atoms with van der Waals surface area (Å²) in [6, 6.07) is 7.97. The second-order valence-electron chi connectivity index (χ2n) is 6.12. The van der Waals surface area contributed by atoms with Crippen LogP contribution in [0.2, 0.25) is 5.02 Å². The van der Waals surface area contributed by atoms with E-state index >= 15 is 0 Å². The van der Waals surface area contributed by atoms with Crippen LogP contribution in [0.3, 0.4) is 0 Å². The number of benzene rings is 1. The summed E-state index contributed by atoms with van der Waals surface area (Å²) in [7, 11) is 1.74. The van der Waals surface area contributed by atoms with Gasteiger partial charge in [0.2, 0.25) is 5.91 Å². The molecular weight excluding hydrogens is 368 g/mol. The van der Waals surface area contributed by atoms with E-state index in [-0.39, 0.29) is 11.8 Å². The molecule has 0 bridgehead atoms. The molecule has 0 spiro atoms. The molecule has 0 radical (unpaired) electrons. The number of anilines is 2. The minimum atomic E-state index is -0.539. The molecule has 140 valence electrons. The van der Waals surface area contributed by atoms with Crippen LogP contribution in [0.4, 0.5) is 11.4 Å². The number of carbonyl (C=O) groups is 2. The molecule has 2 amide bonds. The van der Waals surface area contributed by atoms with Crippen molar-refractivity contribution < 1.29 is 9.59 Å². The molecule has 0 fully saturated rings. The van der Waals surface area contributed by atoms with Gasteiger partial charge in [0.25, 0.3) is 5.91 Å². The van der Waals surface area contributed by atoms with Gasteiger partial charge in [-0.3, -0.25) is 19.0 Å². The van der Waals surface area contributed by atoms with Crippen molar-refractivity contribution in [2.24, 2.45) is 7.05 Å². The summed E-state index contributed by atoms with van der Waals surface area (Å²) >= 11 is 6.00. The average molecular weight is 387 g/mol. The molecule has 2 heterocycles. The van der Waals surface area contributed by atoms with Crippen molar-refractivity contribution in [3.05, 3.63) is 59.1 Å². The van der Waals surface area contributed by atoms with E-state index in [2.05, 4.69) is 20.8 Å². The zero-order valence-electron chi connectivity index (χ0n) is 15.1. The zero-order chi connectivity index (χ0) is 19.6. The van der Waals surface area contributed by atoms with Gasteiger partial charge in [-0.15, -0.1) is 0 Å². The molecule has 8 nitrogen and oxygen atoms in total. The lowest BCUT2D eigenvalue weighted by molar-refractivity contribution is -0.119. The number of carbonyl (C=O) groups excluding carboxylic acids is 2. The van der Waals surface area contributed by atoms with Crippen molar-refractivity contribution in [1.82, 2.24) is 19.6 Å². The Kier molecular flexibility index (Phi) is 5.27. The van der Waals surface area contributed by atoms with E-state index in [4.69, 9.17) is 11.6 Å². The summed E-state index contributed by atoms with van der Waals surface area (Å²) in [5, 5.41) is 14.4. The van der Waals surface area contributed by atoms with Crippen molar-refractivity contribution in [1.29, 1.82) is 0 Å². The molecule has 2 aromatic heterocycles. The summed E-state index contributed by atoms with van der Waals surface area (Å²) in [5.74, 6) is -0.573. The van der Waals surface area contributed by atoms with Gasteiger partial charge in [-0.1, -0.05) is 17.7 Å². The highest BCUT2D eigenvalue weighted by atomic mass is 35.5. The maximum Gasteiger partial charge on any atom is 0.276 e. The fourth-order valence-electron chi connectivity index (χ4n) is 2.43. The van der Waals surface area contributed by atoms with E-state index in [0.29, 0.717) is 27.8 Å². The number of aromatic nitrogens is 4. The molecule has 27 heavy (non-hydrogen) atoms. The van der Waals surface area contributed by atoms with Gasteiger partial charge in [-0.25, -0.2) is 0 Å². The molecule has 1 unspecified atom stereocenters. The number of hydrogen-bond acceptors (Lipinski definition) is 4. The van der Waals surface area contributed by atoms with Crippen LogP contribution >= 0.6 is 11.6 Å². The molecule has 1 aromatic carbocycles. The first kappa shape index (κ1) is 18.7. The van der Waals surface area contributed by atoms with Gasteiger partial charge in [0, 0.05) is 30.8 Å². The van der Waals surface area contributed by atoms with Crippen LogP contribution in [0.25, 0.3) is 0 Å². The normalized spacial score (nSPS) is 11.9. The van der Waals surface area contributed by atoms with Gasteiger partial charge in [-0.05, 0) is 38.1 Å². The molecule has 0 saturated carbocycles. The van der Waals surface area contributed by atoms with Crippen LogP contribution < -0.4 is 10.6 Å². The third-order valence-electron chi connectivity index (χ3n) is 3.97. The number of hydrogen-bond donors (Lipinski definition) is 2. The highest BCUT2D eigenvalue weighted by molar-refractivity contribution is 6.31. The maximum atomic E-state index is 12.5. The molecule has 0 aliphatic heterocycles. The third kappa shape index (κ3) is 4.35. The average Bonchev–Trinajstić information content (AvgIpc) is 3.20. The monoisotopic (exact) mass is 386 g/mol. The van der Waals surface area contributed by atoms with Gasteiger partial charge >= 0.3 is 0 Å². The maximum absolute atomic E-state index is 12.5. The molecule has 2 N–H and O–H groups in total. The van der Waals surface area contributed by atoms with Crippen molar-refractivity contribution in [2.45, 2.75) is 19.9 Å². The van der Waals surface area contributed by atoms with Crippen molar-refractivity contribution in [2.75, 3.05) is 10.6 Å². The number of nitrogens with one attached hydrogen (secondary N) is 2. The SMILES string of the molecule is Cc1nn(C(C)C(=O)Nc2cccc(NC(=O)c3ccn(C)n3)c2)cc1Cl. The summed E-state index contributed by atoms with van der Waals surface area (Å²) < 4.78 is 3.07. The standard InChI is InChI=1S/C18H19ClN6O2/c1-11-15(19)10-25(22-11)12(2)17(26)20-13-5-4-6-14(9-13)21-18(27)16-7-8-24(3)23-16/h4-10,12H,1-3H3,(H,20,26)(H,21,27). The van der Waals surface area contributed by atoms with Crippen molar-refractivity contribution >= 4 is 34.8 Å². The predicted octanol–water partition coefficient (Wildman–Crippen LogP) is 3.03. The highest BCUT2D eigenvalue weighted by Crippen LogP contribution is 2.19. The second-order valence-corrected chi connectivity index (χ2v) is 6.52. The fourth-order valence-corrected chi connectivity index (χ4v) is 2.57.